The summed E-state index contributed by atoms with van der Waals surface area (Å²) in [7, 11) is 1.85. The smallest absolute Gasteiger partial charge is 0.259 e. The van der Waals surface area contributed by atoms with Gasteiger partial charge >= 0.3 is 0 Å². The molecule has 0 atom stereocenters. The topological polar surface area (TPSA) is 41.1 Å². The maximum atomic E-state index is 13.7. The number of anilines is 1. The van der Waals surface area contributed by atoms with E-state index in [1.165, 1.54) is 6.07 Å². The van der Waals surface area contributed by atoms with Gasteiger partial charge in [0.2, 0.25) is 0 Å². The summed E-state index contributed by atoms with van der Waals surface area (Å²) in [6.07, 6.45) is 0. The summed E-state index contributed by atoms with van der Waals surface area (Å²) in [5, 5.41) is 5.74. The summed E-state index contributed by atoms with van der Waals surface area (Å²) in [5.74, 6) is -1.03. The van der Waals surface area contributed by atoms with Crippen molar-refractivity contribution in [1.29, 1.82) is 0 Å². The summed E-state index contributed by atoms with van der Waals surface area (Å²) >= 11 is 3.19. The third-order valence-corrected chi connectivity index (χ3v) is 3.42. The molecule has 5 heteroatoms. The Morgan fingerprint density at radius 2 is 2.00 bits per heavy atom. The average Bonchev–Trinajstić information content (AvgIpc) is 2.39. The quantitative estimate of drug-likeness (QED) is 0.896. The zero-order chi connectivity index (χ0) is 14.5. The maximum absolute atomic E-state index is 13.7. The third-order valence-electron chi connectivity index (χ3n) is 2.76. The summed E-state index contributed by atoms with van der Waals surface area (Å²) in [6, 6.07) is 11.9. The van der Waals surface area contributed by atoms with Crippen molar-refractivity contribution in [2.45, 2.75) is 6.54 Å². The highest BCUT2D eigenvalue weighted by molar-refractivity contribution is 9.10. The van der Waals surface area contributed by atoms with Crippen LogP contribution in [0.15, 0.2) is 46.9 Å². The van der Waals surface area contributed by atoms with Gasteiger partial charge in [0.25, 0.3) is 5.91 Å². The molecule has 0 unspecified atom stereocenters. The molecule has 2 N–H and O–H groups in total. The van der Waals surface area contributed by atoms with E-state index in [4.69, 9.17) is 0 Å². The van der Waals surface area contributed by atoms with Crippen LogP contribution in [0.3, 0.4) is 0 Å². The van der Waals surface area contributed by atoms with Gasteiger partial charge in [-0.25, -0.2) is 4.39 Å². The van der Waals surface area contributed by atoms with E-state index in [-0.39, 0.29) is 5.56 Å². The molecule has 0 fully saturated rings. The van der Waals surface area contributed by atoms with E-state index in [1.807, 2.05) is 25.2 Å². The Bertz CT molecular complexity index is 611. The van der Waals surface area contributed by atoms with Crippen molar-refractivity contribution < 1.29 is 9.18 Å². The number of rotatable bonds is 4. The Kier molecular flexibility index (Phi) is 4.87. The van der Waals surface area contributed by atoms with Crippen molar-refractivity contribution >= 4 is 27.5 Å². The minimum absolute atomic E-state index is 0.00604. The lowest BCUT2D eigenvalue weighted by Crippen LogP contribution is -2.15. The van der Waals surface area contributed by atoms with Crippen LogP contribution in [0.1, 0.15) is 15.9 Å². The molecular weight excluding hydrogens is 323 g/mol. The Morgan fingerprint density at radius 3 is 2.70 bits per heavy atom. The standard InChI is InChI=1S/C15H14BrFN2O/c1-18-9-10-4-2-5-11(8-10)19-15(20)14-12(16)6-3-7-13(14)17/h2-8,18H,9H2,1H3,(H,19,20). The van der Waals surface area contributed by atoms with Crippen LogP contribution >= 0.6 is 15.9 Å². The van der Waals surface area contributed by atoms with Gasteiger partial charge in [0.1, 0.15) is 5.82 Å². The van der Waals surface area contributed by atoms with E-state index in [9.17, 15) is 9.18 Å². The number of nitrogens with one attached hydrogen (secondary N) is 2. The van der Waals surface area contributed by atoms with Gasteiger partial charge in [0, 0.05) is 16.7 Å². The predicted octanol–water partition coefficient (Wildman–Crippen LogP) is 3.56. The molecule has 0 aliphatic rings. The first kappa shape index (κ1) is 14.7. The molecule has 0 aromatic heterocycles. The van der Waals surface area contributed by atoms with Gasteiger partial charge in [-0.2, -0.15) is 0 Å². The average molecular weight is 337 g/mol. The fraction of sp³-hybridized carbons (Fsp3) is 0.133. The van der Waals surface area contributed by atoms with Crippen molar-refractivity contribution in [3.05, 3.63) is 63.9 Å². The zero-order valence-corrected chi connectivity index (χ0v) is 12.5. The lowest BCUT2D eigenvalue weighted by Gasteiger charge is -2.09. The first-order valence-corrected chi connectivity index (χ1v) is 6.90. The number of benzene rings is 2. The summed E-state index contributed by atoms with van der Waals surface area (Å²) < 4.78 is 14.1. The number of amides is 1. The molecule has 0 aliphatic carbocycles. The molecule has 0 aliphatic heterocycles. The van der Waals surface area contributed by atoms with Gasteiger partial charge in [-0.1, -0.05) is 18.2 Å². The second kappa shape index (κ2) is 6.63. The van der Waals surface area contributed by atoms with Crippen LogP contribution in [0.2, 0.25) is 0 Å². The number of carbonyl (C=O) groups is 1. The number of hydrogen-bond acceptors (Lipinski definition) is 2. The maximum Gasteiger partial charge on any atom is 0.259 e. The van der Waals surface area contributed by atoms with Crippen molar-refractivity contribution in [2.75, 3.05) is 12.4 Å². The van der Waals surface area contributed by atoms with E-state index in [1.54, 1.807) is 18.2 Å². The van der Waals surface area contributed by atoms with E-state index in [0.717, 1.165) is 5.56 Å². The molecule has 3 nitrogen and oxygen atoms in total. The molecule has 0 spiro atoms. The molecule has 2 aromatic carbocycles. The summed E-state index contributed by atoms with van der Waals surface area (Å²) in [6.45, 7) is 0.701. The molecule has 0 radical (unpaired) electrons. The van der Waals surface area contributed by atoms with E-state index in [2.05, 4.69) is 26.6 Å². The van der Waals surface area contributed by atoms with Crippen LogP contribution in [0, 0.1) is 5.82 Å². The Hall–Kier alpha value is -1.72. The van der Waals surface area contributed by atoms with Crippen molar-refractivity contribution in [3.63, 3.8) is 0 Å². The highest BCUT2D eigenvalue weighted by Crippen LogP contribution is 2.21. The van der Waals surface area contributed by atoms with Crippen LogP contribution in [-0.4, -0.2) is 13.0 Å². The van der Waals surface area contributed by atoms with Crippen LogP contribution in [0.25, 0.3) is 0 Å². The molecule has 2 aromatic rings. The summed E-state index contributed by atoms with van der Waals surface area (Å²) in [4.78, 5) is 12.1. The van der Waals surface area contributed by atoms with Crippen LogP contribution in [0.4, 0.5) is 10.1 Å². The lowest BCUT2D eigenvalue weighted by molar-refractivity contribution is 0.102. The van der Waals surface area contributed by atoms with Gasteiger partial charge in [0.05, 0.1) is 5.56 Å². The Morgan fingerprint density at radius 1 is 1.25 bits per heavy atom. The minimum Gasteiger partial charge on any atom is -0.322 e. The molecule has 2 rings (SSSR count). The SMILES string of the molecule is CNCc1cccc(NC(=O)c2c(F)cccc2Br)c1. The fourth-order valence-corrected chi connectivity index (χ4v) is 2.39. The third kappa shape index (κ3) is 3.43. The van der Waals surface area contributed by atoms with Gasteiger partial charge in [-0.05, 0) is 52.8 Å². The highest BCUT2D eigenvalue weighted by Gasteiger charge is 2.15. The molecule has 0 bridgehead atoms. The molecule has 0 saturated carbocycles. The molecule has 0 saturated heterocycles. The van der Waals surface area contributed by atoms with Crippen molar-refractivity contribution in [2.24, 2.45) is 0 Å². The number of carbonyl (C=O) groups excluding carboxylic acids is 1. The molecule has 20 heavy (non-hydrogen) atoms. The van der Waals surface area contributed by atoms with E-state index < -0.39 is 11.7 Å². The van der Waals surface area contributed by atoms with Gasteiger partial charge in [-0.15, -0.1) is 0 Å². The molecular formula is C15H14BrFN2O. The van der Waals surface area contributed by atoms with Gasteiger partial charge in [-0.3, -0.25) is 4.79 Å². The highest BCUT2D eigenvalue weighted by atomic mass is 79.9. The molecule has 0 heterocycles. The first-order chi connectivity index (χ1) is 9.61. The van der Waals surface area contributed by atoms with Crippen LogP contribution in [0.5, 0.6) is 0 Å². The Balaban J connectivity index is 2.21. The van der Waals surface area contributed by atoms with Gasteiger partial charge in [0.15, 0.2) is 0 Å². The van der Waals surface area contributed by atoms with Crippen molar-refractivity contribution in [3.8, 4) is 0 Å². The van der Waals surface area contributed by atoms with E-state index in [0.29, 0.717) is 16.7 Å². The molecule has 1 amide bonds. The van der Waals surface area contributed by atoms with E-state index >= 15 is 0 Å². The largest absolute Gasteiger partial charge is 0.322 e. The normalized spacial score (nSPS) is 10.3. The minimum atomic E-state index is -0.553. The predicted molar refractivity (Wildman–Crippen MR) is 81.3 cm³/mol. The summed E-state index contributed by atoms with van der Waals surface area (Å²) in [5.41, 5.74) is 1.68. The molecule has 104 valence electrons. The van der Waals surface area contributed by atoms with Crippen LogP contribution < -0.4 is 10.6 Å². The first-order valence-electron chi connectivity index (χ1n) is 6.10. The Labute approximate surface area is 125 Å². The number of hydrogen-bond donors (Lipinski definition) is 2. The number of halogens is 2. The second-order valence-electron chi connectivity index (χ2n) is 4.28. The second-order valence-corrected chi connectivity index (χ2v) is 5.14. The van der Waals surface area contributed by atoms with Crippen molar-refractivity contribution in [1.82, 2.24) is 5.32 Å². The fourth-order valence-electron chi connectivity index (χ4n) is 1.87. The van der Waals surface area contributed by atoms with Gasteiger partial charge < -0.3 is 10.6 Å². The zero-order valence-electron chi connectivity index (χ0n) is 10.9. The van der Waals surface area contributed by atoms with Crippen LogP contribution in [-0.2, 0) is 6.54 Å². The monoisotopic (exact) mass is 336 g/mol. The lowest BCUT2D eigenvalue weighted by atomic mass is 10.1.